The van der Waals surface area contributed by atoms with Crippen molar-refractivity contribution in [3.05, 3.63) is 24.3 Å². The van der Waals surface area contributed by atoms with Crippen molar-refractivity contribution in [2.24, 2.45) is 0 Å². The average Bonchev–Trinajstić information content (AvgIpc) is 2.93. The molecule has 0 aliphatic heterocycles. The van der Waals surface area contributed by atoms with Crippen molar-refractivity contribution in [3.63, 3.8) is 0 Å². The van der Waals surface area contributed by atoms with E-state index in [9.17, 15) is 34.1 Å². The first-order chi connectivity index (χ1) is 19.6. The largest absolute Gasteiger partial charge is 0.480 e. The number of allylic oxidation sites excluding steroid dienone is 4. The molecule has 0 heterocycles. The topological polar surface area (TPSA) is 169 Å². The average molecular weight is 606 g/mol. The van der Waals surface area contributed by atoms with E-state index >= 15 is 0 Å². The molecule has 0 fully saturated rings. The van der Waals surface area contributed by atoms with Crippen LogP contribution in [0.15, 0.2) is 24.3 Å². The van der Waals surface area contributed by atoms with Gasteiger partial charge in [0.25, 0.3) is 0 Å². The standard InChI is InChI=1S/C29H52NO10P/c1-3-5-7-8-9-10-11-12-13-14-15-16-17-18-19-20-27(32)30-26(29(34)35)24-40-41(36,37)39-23-25(31)22-38-28(33)21-6-4-2/h9-10,12-13,25-26,31H,3-8,11,14-24H2,1-2H3,(H,30,32)(H,34,35)(H,36,37)/b10-9-,13-12-. The van der Waals surface area contributed by atoms with Gasteiger partial charge in [0.05, 0.1) is 13.2 Å². The zero-order chi connectivity index (χ0) is 30.8. The van der Waals surface area contributed by atoms with Crippen LogP contribution < -0.4 is 5.32 Å². The van der Waals surface area contributed by atoms with Gasteiger partial charge in [0, 0.05) is 12.8 Å². The Morgan fingerprint density at radius 3 is 2.00 bits per heavy atom. The normalized spacial score (nSPS) is 14.6. The Labute approximate surface area is 245 Å². The second-order valence-corrected chi connectivity index (χ2v) is 11.4. The summed E-state index contributed by atoms with van der Waals surface area (Å²) < 4.78 is 26.2. The van der Waals surface area contributed by atoms with Gasteiger partial charge in [-0.1, -0.05) is 76.7 Å². The molecule has 12 heteroatoms. The molecular formula is C29H52NO10P. The molecular weight excluding hydrogens is 553 g/mol. The molecule has 0 saturated heterocycles. The molecule has 0 radical (unpaired) electrons. The van der Waals surface area contributed by atoms with E-state index in [4.69, 9.17) is 4.74 Å². The van der Waals surface area contributed by atoms with Gasteiger partial charge < -0.3 is 25.2 Å². The zero-order valence-corrected chi connectivity index (χ0v) is 25.7. The van der Waals surface area contributed by atoms with Gasteiger partial charge in [-0.05, 0) is 44.9 Å². The number of phosphoric acid groups is 1. The lowest BCUT2D eigenvalue weighted by molar-refractivity contribution is -0.147. The van der Waals surface area contributed by atoms with Crippen LogP contribution in [0, 0.1) is 0 Å². The van der Waals surface area contributed by atoms with Crippen LogP contribution in [-0.2, 0) is 32.7 Å². The van der Waals surface area contributed by atoms with Crippen molar-refractivity contribution < 1.29 is 47.8 Å². The molecule has 0 aromatic heterocycles. The minimum atomic E-state index is -4.73. The molecule has 0 bridgehead atoms. The van der Waals surface area contributed by atoms with Gasteiger partial charge in [-0.2, -0.15) is 0 Å². The van der Waals surface area contributed by atoms with Crippen LogP contribution in [0.25, 0.3) is 0 Å². The third kappa shape index (κ3) is 25.4. The van der Waals surface area contributed by atoms with Crippen LogP contribution >= 0.6 is 7.82 Å². The smallest absolute Gasteiger partial charge is 0.472 e. The summed E-state index contributed by atoms with van der Waals surface area (Å²) in [6.07, 6.45) is 20.7. The quantitative estimate of drug-likeness (QED) is 0.0400. The lowest BCUT2D eigenvalue weighted by Gasteiger charge is -2.18. The van der Waals surface area contributed by atoms with Crippen LogP contribution in [0.1, 0.15) is 110 Å². The number of aliphatic hydroxyl groups excluding tert-OH is 1. The predicted octanol–water partition coefficient (Wildman–Crippen LogP) is 5.60. The number of rotatable bonds is 27. The highest BCUT2D eigenvalue weighted by Gasteiger charge is 2.28. The summed E-state index contributed by atoms with van der Waals surface area (Å²) in [7, 11) is -4.73. The number of esters is 1. The van der Waals surface area contributed by atoms with Crippen molar-refractivity contribution in [2.75, 3.05) is 19.8 Å². The van der Waals surface area contributed by atoms with Gasteiger partial charge in [0.2, 0.25) is 5.91 Å². The van der Waals surface area contributed by atoms with Crippen molar-refractivity contribution in [1.29, 1.82) is 0 Å². The first kappa shape index (κ1) is 39.0. The second kappa shape index (κ2) is 25.7. The number of ether oxygens (including phenoxy) is 1. The maximum Gasteiger partial charge on any atom is 0.472 e. The highest BCUT2D eigenvalue weighted by Crippen LogP contribution is 2.43. The molecule has 3 atom stereocenters. The molecule has 0 aliphatic rings. The van der Waals surface area contributed by atoms with Crippen LogP contribution in [0.4, 0.5) is 0 Å². The van der Waals surface area contributed by atoms with Crippen LogP contribution in [-0.4, -0.2) is 64.9 Å². The summed E-state index contributed by atoms with van der Waals surface area (Å²) in [4.78, 5) is 44.8. The van der Waals surface area contributed by atoms with Crippen LogP contribution in [0.2, 0.25) is 0 Å². The number of carboxylic acids is 1. The van der Waals surface area contributed by atoms with Gasteiger partial charge >= 0.3 is 19.8 Å². The fourth-order valence-corrected chi connectivity index (χ4v) is 4.33. The molecule has 0 spiro atoms. The summed E-state index contributed by atoms with van der Waals surface area (Å²) in [5.74, 6) is -2.44. The Kier molecular flexibility index (Phi) is 24.4. The number of hydrogen-bond donors (Lipinski definition) is 4. The summed E-state index contributed by atoms with van der Waals surface area (Å²) in [5.41, 5.74) is 0. The number of carbonyl (C=O) groups excluding carboxylic acids is 2. The zero-order valence-electron chi connectivity index (χ0n) is 24.8. The van der Waals surface area contributed by atoms with Gasteiger partial charge in [0.1, 0.15) is 12.7 Å². The molecule has 1 amide bonds. The number of hydrogen-bond acceptors (Lipinski definition) is 8. The third-order valence-corrected chi connectivity index (χ3v) is 6.94. The van der Waals surface area contributed by atoms with Crippen molar-refractivity contribution in [3.8, 4) is 0 Å². The summed E-state index contributed by atoms with van der Waals surface area (Å²) in [5, 5.41) is 21.4. The first-order valence-corrected chi connectivity index (χ1v) is 16.4. The Bertz CT molecular complexity index is 817. The summed E-state index contributed by atoms with van der Waals surface area (Å²) >= 11 is 0. The lowest BCUT2D eigenvalue weighted by atomic mass is 10.1. The number of carboxylic acid groups (broad SMARTS) is 1. The molecule has 0 aliphatic carbocycles. The number of unbranched alkanes of at least 4 members (excludes halogenated alkanes) is 9. The Morgan fingerprint density at radius 2 is 1.37 bits per heavy atom. The SMILES string of the molecule is CCCCC/C=C\C/C=C\CCCCCCCC(=O)NC(COP(=O)(O)OCC(O)COC(=O)CCCC)C(=O)O. The summed E-state index contributed by atoms with van der Waals surface area (Å²) in [6, 6.07) is -1.55. The minimum Gasteiger partial charge on any atom is -0.480 e. The summed E-state index contributed by atoms with van der Waals surface area (Å²) in [6.45, 7) is 2.20. The first-order valence-electron chi connectivity index (χ1n) is 14.9. The van der Waals surface area contributed by atoms with Gasteiger partial charge in [-0.25, -0.2) is 9.36 Å². The lowest BCUT2D eigenvalue weighted by Crippen LogP contribution is -2.43. The molecule has 41 heavy (non-hydrogen) atoms. The number of amides is 1. The number of aliphatic carboxylic acids is 1. The Morgan fingerprint density at radius 1 is 0.780 bits per heavy atom. The molecule has 4 N–H and O–H groups in total. The fraction of sp³-hybridized carbons (Fsp3) is 0.759. The van der Waals surface area contributed by atoms with E-state index < -0.39 is 57.6 Å². The molecule has 0 aromatic carbocycles. The Hall–Kier alpha value is -2.04. The molecule has 0 rings (SSSR count). The third-order valence-electron chi connectivity index (χ3n) is 5.99. The van der Waals surface area contributed by atoms with E-state index in [-0.39, 0.29) is 12.8 Å². The van der Waals surface area contributed by atoms with E-state index in [1.165, 1.54) is 19.3 Å². The molecule has 11 nitrogen and oxygen atoms in total. The van der Waals surface area contributed by atoms with Gasteiger partial charge in [0.15, 0.2) is 6.04 Å². The monoisotopic (exact) mass is 605 g/mol. The van der Waals surface area contributed by atoms with Crippen molar-refractivity contribution >= 4 is 25.7 Å². The number of aliphatic hydroxyl groups is 1. The minimum absolute atomic E-state index is 0.130. The van der Waals surface area contributed by atoms with Crippen LogP contribution in [0.5, 0.6) is 0 Å². The maximum absolute atomic E-state index is 12.1. The number of phosphoric ester groups is 1. The van der Waals surface area contributed by atoms with Gasteiger partial charge in [-0.3, -0.25) is 18.6 Å². The van der Waals surface area contributed by atoms with E-state index in [1.54, 1.807) is 0 Å². The molecule has 0 saturated carbocycles. The molecule has 3 unspecified atom stereocenters. The van der Waals surface area contributed by atoms with E-state index in [1.807, 2.05) is 6.92 Å². The van der Waals surface area contributed by atoms with Crippen molar-refractivity contribution in [2.45, 2.75) is 122 Å². The van der Waals surface area contributed by atoms with E-state index in [0.717, 1.165) is 51.4 Å². The van der Waals surface area contributed by atoms with Crippen LogP contribution in [0.3, 0.4) is 0 Å². The predicted molar refractivity (Wildman–Crippen MR) is 157 cm³/mol. The number of nitrogens with one attached hydrogen (secondary N) is 1. The van der Waals surface area contributed by atoms with Crippen molar-refractivity contribution in [1.82, 2.24) is 5.32 Å². The number of carbonyl (C=O) groups is 3. The highest BCUT2D eigenvalue weighted by molar-refractivity contribution is 7.47. The highest BCUT2D eigenvalue weighted by atomic mass is 31.2. The van der Waals surface area contributed by atoms with Gasteiger partial charge in [-0.15, -0.1) is 0 Å². The van der Waals surface area contributed by atoms with E-state index in [2.05, 4.69) is 45.6 Å². The molecule has 238 valence electrons. The fourth-order valence-electron chi connectivity index (χ4n) is 3.55. The second-order valence-electron chi connectivity index (χ2n) is 9.94. The van der Waals surface area contributed by atoms with E-state index in [0.29, 0.717) is 12.8 Å². The Balaban J connectivity index is 4.05. The molecule has 0 aromatic rings. The maximum atomic E-state index is 12.1.